The van der Waals surface area contributed by atoms with Gasteiger partial charge in [-0.05, 0) is 55.6 Å². The van der Waals surface area contributed by atoms with Crippen LogP contribution >= 0.6 is 0 Å². The van der Waals surface area contributed by atoms with Gasteiger partial charge in [0.1, 0.15) is 6.10 Å². The third kappa shape index (κ3) is 5.95. The summed E-state index contributed by atoms with van der Waals surface area (Å²) in [6.45, 7) is 5.21. The van der Waals surface area contributed by atoms with Crippen molar-refractivity contribution in [3.05, 3.63) is 35.4 Å². The molecule has 1 aromatic carbocycles. The maximum Gasteiger partial charge on any atom is 0.257 e. The number of hydrogen-bond donors (Lipinski definition) is 0. The van der Waals surface area contributed by atoms with Crippen LogP contribution in [0, 0.1) is 11.8 Å². The molecule has 3 rings (SSSR count). The molecule has 1 aliphatic heterocycles. The maximum absolute atomic E-state index is 13.3. The summed E-state index contributed by atoms with van der Waals surface area (Å²) in [5.74, 6) is -0.0313. The number of ether oxygens (including phenoxy) is 1. The number of likely N-dealkylation sites (tertiary alicyclic amines) is 1. The number of methoxy groups -OCH3 is 1. The van der Waals surface area contributed by atoms with Crippen LogP contribution in [0.3, 0.4) is 0 Å². The van der Waals surface area contributed by atoms with Crippen LogP contribution < -0.4 is 0 Å². The number of hydrogen-bond acceptors (Lipinski definition) is 4. The Bertz CT molecular complexity index is 912. The van der Waals surface area contributed by atoms with Crippen molar-refractivity contribution in [2.24, 2.45) is 16.2 Å². The predicted molar refractivity (Wildman–Crippen MR) is 123 cm³/mol. The third-order valence-electron chi connectivity index (χ3n) is 6.58. The smallest absolute Gasteiger partial charge is 0.257 e. The number of piperidine rings is 1. The Morgan fingerprint density at radius 1 is 1.16 bits per heavy atom. The number of carbonyl (C=O) groups excluding carboxylic acids is 2. The number of rotatable bonds is 6. The second-order valence-electron chi connectivity index (χ2n) is 9.38. The van der Waals surface area contributed by atoms with Gasteiger partial charge in [-0.1, -0.05) is 38.1 Å². The summed E-state index contributed by atoms with van der Waals surface area (Å²) in [7, 11) is -1.07. The molecule has 0 aromatic heterocycles. The fraction of sp³-hybridized carbons (Fsp3) is 0.667. The highest BCUT2D eigenvalue weighted by molar-refractivity contribution is 7.93. The summed E-state index contributed by atoms with van der Waals surface area (Å²) < 4.78 is 23.0. The van der Waals surface area contributed by atoms with E-state index in [0.29, 0.717) is 44.7 Å². The standard InChI is InChI=1S/C24H36N2O4S/c1-17(2)15-22(30-3)24(28)26-13-11-21(12-14-26)31(4,29)25-23(27)20-10-9-18-7-5-6-8-19(18)16-20/h5-8,17,20-22H,9-16H2,1-4H3. The minimum atomic E-state index is -2.65. The van der Waals surface area contributed by atoms with Gasteiger partial charge in [0.25, 0.3) is 11.8 Å². The number of amides is 2. The van der Waals surface area contributed by atoms with Gasteiger partial charge in [0.2, 0.25) is 0 Å². The van der Waals surface area contributed by atoms with Gasteiger partial charge >= 0.3 is 0 Å². The van der Waals surface area contributed by atoms with Crippen LogP contribution in [0.1, 0.15) is 50.7 Å². The highest BCUT2D eigenvalue weighted by atomic mass is 32.2. The second-order valence-corrected chi connectivity index (χ2v) is 11.9. The molecule has 0 radical (unpaired) electrons. The summed E-state index contributed by atoms with van der Waals surface area (Å²) in [5, 5.41) is -0.164. The van der Waals surface area contributed by atoms with Gasteiger partial charge in [-0.25, -0.2) is 4.21 Å². The molecule has 3 unspecified atom stereocenters. The van der Waals surface area contributed by atoms with Gasteiger partial charge in [0.05, 0.1) is 9.73 Å². The number of fused-ring (bicyclic) bond motifs is 1. The molecule has 0 saturated carbocycles. The lowest BCUT2D eigenvalue weighted by molar-refractivity contribution is -0.143. The van der Waals surface area contributed by atoms with Crippen molar-refractivity contribution >= 4 is 21.5 Å². The molecule has 0 spiro atoms. The SMILES string of the molecule is COC(CC(C)C)C(=O)N1CCC(S(C)(=O)=NC(=O)C2CCc3ccccc3C2)CC1. The maximum atomic E-state index is 13.3. The Morgan fingerprint density at radius 2 is 1.81 bits per heavy atom. The first-order valence-corrected chi connectivity index (χ1v) is 13.3. The van der Waals surface area contributed by atoms with Crippen LogP contribution in [0.4, 0.5) is 0 Å². The zero-order chi connectivity index (χ0) is 22.6. The molecule has 0 bridgehead atoms. The minimum absolute atomic E-state index is 0.00568. The van der Waals surface area contributed by atoms with Crippen molar-refractivity contribution in [3.8, 4) is 0 Å². The highest BCUT2D eigenvalue weighted by Gasteiger charge is 2.33. The number of nitrogens with zero attached hydrogens (tertiary/aromatic N) is 2. The average Bonchev–Trinajstić information content (AvgIpc) is 2.76. The topological polar surface area (TPSA) is 76.0 Å². The van der Waals surface area contributed by atoms with E-state index in [1.165, 1.54) is 11.1 Å². The van der Waals surface area contributed by atoms with Crippen LogP contribution in [0.2, 0.25) is 0 Å². The molecule has 172 valence electrons. The van der Waals surface area contributed by atoms with E-state index in [9.17, 15) is 13.8 Å². The predicted octanol–water partition coefficient (Wildman–Crippen LogP) is 3.47. The molecule has 1 aliphatic carbocycles. The Morgan fingerprint density at radius 3 is 2.42 bits per heavy atom. The summed E-state index contributed by atoms with van der Waals surface area (Å²) in [6, 6.07) is 8.20. The van der Waals surface area contributed by atoms with Gasteiger partial charge in [-0.3, -0.25) is 9.59 Å². The summed E-state index contributed by atoms with van der Waals surface area (Å²) in [6.07, 6.45) is 5.38. The van der Waals surface area contributed by atoms with Gasteiger partial charge in [-0.2, -0.15) is 4.36 Å². The number of aryl methyl sites for hydroxylation is 1. The first kappa shape index (κ1) is 23.9. The van der Waals surface area contributed by atoms with Crippen molar-refractivity contribution in [3.63, 3.8) is 0 Å². The van der Waals surface area contributed by atoms with E-state index in [-0.39, 0.29) is 23.0 Å². The second kappa shape index (κ2) is 10.3. The molecule has 2 aliphatic rings. The van der Waals surface area contributed by atoms with E-state index in [1.54, 1.807) is 13.4 Å². The zero-order valence-corrected chi connectivity index (χ0v) is 20.0. The lowest BCUT2D eigenvalue weighted by Crippen LogP contribution is -2.47. The van der Waals surface area contributed by atoms with Crippen LogP contribution in [-0.2, 0) is 36.9 Å². The van der Waals surface area contributed by atoms with Crippen LogP contribution in [0.15, 0.2) is 28.6 Å². The summed E-state index contributed by atoms with van der Waals surface area (Å²) in [5.41, 5.74) is 2.50. The van der Waals surface area contributed by atoms with E-state index < -0.39 is 15.8 Å². The fourth-order valence-electron chi connectivity index (χ4n) is 4.68. The molecular weight excluding hydrogens is 412 g/mol. The molecule has 2 amide bonds. The molecule has 1 fully saturated rings. The molecule has 7 heteroatoms. The first-order chi connectivity index (χ1) is 14.7. The third-order valence-corrected chi connectivity index (χ3v) is 8.84. The van der Waals surface area contributed by atoms with Gasteiger partial charge in [-0.15, -0.1) is 0 Å². The minimum Gasteiger partial charge on any atom is -0.372 e. The van der Waals surface area contributed by atoms with Crippen LogP contribution in [0.25, 0.3) is 0 Å². The van der Waals surface area contributed by atoms with Crippen molar-refractivity contribution < 1.29 is 18.5 Å². The molecule has 1 saturated heterocycles. The first-order valence-electron chi connectivity index (χ1n) is 11.3. The molecule has 0 N–H and O–H groups in total. The summed E-state index contributed by atoms with van der Waals surface area (Å²) >= 11 is 0. The highest BCUT2D eigenvalue weighted by Crippen LogP contribution is 2.28. The van der Waals surface area contributed by atoms with Gasteiger partial charge < -0.3 is 9.64 Å². The quantitative estimate of drug-likeness (QED) is 0.668. The summed E-state index contributed by atoms with van der Waals surface area (Å²) in [4.78, 5) is 27.4. The van der Waals surface area contributed by atoms with Gasteiger partial charge in [0, 0.05) is 37.6 Å². The van der Waals surface area contributed by atoms with E-state index >= 15 is 0 Å². The van der Waals surface area contributed by atoms with Crippen molar-refractivity contribution in [2.75, 3.05) is 26.5 Å². The number of benzene rings is 1. The molecular formula is C24H36N2O4S. The molecule has 6 nitrogen and oxygen atoms in total. The van der Waals surface area contributed by atoms with Crippen molar-refractivity contribution in [1.29, 1.82) is 0 Å². The fourth-order valence-corrected chi connectivity index (χ4v) is 6.42. The van der Waals surface area contributed by atoms with E-state index in [0.717, 1.165) is 12.8 Å². The largest absolute Gasteiger partial charge is 0.372 e. The van der Waals surface area contributed by atoms with Crippen LogP contribution in [0.5, 0.6) is 0 Å². The van der Waals surface area contributed by atoms with Crippen LogP contribution in [-0.4, -0.2) is 58.7 Å². The normalized spacial score (nSPS) is 22.5. The van der Waals surface area contributed by atoms with E-state index in [1.807, 2.05) is 17.0 Å². The van der Waals surface area contributed by atoms with Crippen molar-refractivity contribution in [1.82, 2.24) is 4.90 Å². The Balaban J connectivity index is 1.60. The molecule has 3 atom stereocenters. The lowest BCUT2D eigenvalue weighted by Gasteiger charge is -2.34. The zero-order valence-electron chi connectivity index (χ0n) is 19.2. The van der Waals surface area contributed by atoms with E-state index in [4.69, 9.17) is 4.74 Å². The Kier molecular flexibility index (Phi) is 7.92. The Labute approximate surface area is 186 Å². The van der Waals surface area contributed by atoms with Gasteiger partial charge in [0.15, 0.2) is 0 Å². The monoisotopic (exact) mass is 448 g/mol. The van der Waals surface area contributed by atoms with Crippen molar-refractivity contribution in [2.45, 2.75) is 63.7 Å². The van der Waals surface area contributed by atoms with E-state index in [2.05, 4.69) is 30.3 Å². The Hall–Kier alpha value is -1.73. The molecule has 31 heavy (non-hydrogen) atoms. The number of carbonyl (C=O) groups is 2. The molecule has 1 heterocycles. The molecule has 1 aromatic rings. The lowest BCUT2D eigenvalue weighted by atomic mass is 9.84. The average molecular weight is 449 g/mol.